The van der Waals surface area contributed by atoms with Gasteiger partial charge in [-0.2, -0.15) is 0 Å². The molecule has 0 aromatic carbocycles. The van der Waals surface area contributed by atoms with Crippen molar-refractivity contribution in [1.82, 2.24) is 4.90 Å². The molecular weight excluding hydrogens is 158 g/mol. The van der Waals surface area contributed by atoms with E-state index in [1.165, 1.54) is 58.0 Å². The predicted molar refractivity (Wildman–Crippen MR) is 59.0 cm³/mol. The van der Waals surface area contributed by atoms with Crippen LogP contribution in [-0.2, 0) is 0 Å². The van der Waals surface area contributed by atoms with Gasteiger partial charge in [-0.1, -0.05) is 39.5 Å². The Hall–Kier alpha value is -0.0400. The monoisotopic (exact) mass is 183 g/mol. The minimum absolute atomic E-state index is 0.957. The minimum Gasteiger partial charge on any atom is -0.300 e. The molecule has 0 radical (unpaired) electrons. The van der Waals surface area contributed by atoms with Crippen LogP contribution in [0.4, 0.5) is 0 Å². The van der Waals surface area contributed by atoms with Crippen molar-refractivity contribution in [3.05, 3.63) is 0 Å². The molecule has 1 atom stereocenters. The Kier molecular flexibility index (Phi) is 5.45. The summed E-state index contributed by atoms with van der Waals surface area (Å²) in [5, 5.41) is 0. The number of nitrogens with zero attached hydrogens (tertiary/aromatic N) is 1. The van der Waals surface area contributed by atoms with Crippen LogP contribution in [0.25, 0.3) is 0 Å². The van der Waals surface area contributed by atoms with Gasteiger partial charge >= 0.3 is 0 Å². The van der Waals surface area contributed by atoms with Crippen LogP contribution in [0, 0.1) is 0 Å². The number of hydrogen-bond donors (Lipinski definition) is 0. The fourth-order valence-corrected chi connectivity index (χ4v) is 2.11. The van der Waals surface area contributed by atoms with Crippen LogP contribution in [0.15, 0.2) is 0 Å². The Morgan fingerprint density at radius 2 is 1.85 bits per heavy atom. The van der Waals surface area contributed by atoms with Gasteiger partial charge in [-0.25, -0.2) is 0 Å². The van der Waals surface area contributed by atoms with Crippen molar-refractivity contribution in [2.45, 2.75) is 64.8 Å². The molecule has 0 bridgehead atoms. The largest absolute Gasteiger partial charge is 0.300 e. The third-order valence-corrected chi connectivity index (χ3v) is 3.21. The van der Waals surface area contributed by atoms with E-state index in [1.807, 2.05) is 0 Å². The lowest BCUT2D eigenvalue weighted by atomic mass is 9.96. The van der Waals surface area contributed by atoms with E-state index in [-0.39, 0.29) is 0 Å². The Labute approximate surface area is 83.5 Å². The van der Waals surface area contributed by atoms with Crippen LogP contribution in [0.5, 0.6) is 0 Å². The smallest absolute Gasteiger partial charge is 0.0107 e. The lowest BCUT2D eigenvalue weighted by Gasteiger charge is -2.41. The minimum atomic E-state index is 0.957. The first-order chi connectivity index (χ1) is 6.38. The maximum absolute atomic E-state index is 2.68. The Balaban J connectivity index is 1.99. The molecular formula is C12H25N. The van der Waals surface area contributed by atoms with Crippen molar-refractivity contribution in [3.63, 3.8) is 0 Å². The summed E-state index contributed by atoms with van der Waals surface area (Å²) >= 11 is 0. The summed E-state index contributed by atoms with van der Waals surface area (Å²) in [6.45, 7) is 7.30. The molecule has 1 aliphatic rings. The van der Waals surface area contributed by atoms with Gasteiger partial charge in [0.25, 0.3) is 0 Å². The molecule has 0 aliphatic carbocycles. The Morgan fingerprint density at radius 3 is 2.38 bits per heavy atom. The highest BCUT2D eigenvalue weighted by Crippen LogP contribution is 2.22. The van der Waals surface area contributed by atoms with Gasteiger partial charge in [0.2, 0.25) is 0 Å². The molecule has 0 aromatic rings. The molecule has 13 heavy (non-hydrogen) atoms. The summed E-state index contributed by atoms with van der Waals surface area (Å²) in [5.41, 5.74) is 0. The molecule has 1 fully saturated rings. The summed E-state index contributed by atoms with van der Waals surface area (Å²) in [6, 6.07) is 0.957. The van der Waals surface area contributed by atoms with Gasteiger partial charge in [0.05, 0.1) is 0 Å². The van der Waals surface area contributed by atoms with Gasteiger partial charge in [-0.15, -0.1) is 0 Å². The van der Waals surface area contributed by atoms with Gasteiger partial charge in [-0.05, 0) is 32.4 Å². The van der Waals surface area contributed by atoms with Crippen LogP contribution in [-0.4, -0.2) is 24.0 Å². The third kappa shape index (κ3) is 3.68. The summed E-state index contributed by atoms with van der Waals surface area (Å²) < 4.78 is 0. The highest BCUT2D eigenvalue weighted by atomic mass is 15.2. The molecule has 0 N–H and O–H groups in total. The van der Waals surface area contributed by atoms with Gasteiger partial charge in [0, 0.05) is 6.04 Å². The van der Waals surface area contributed by atoms with Gasteiger partial charge in [0.1, 0.15) is 0 Å². The fraction of sp³-hybridized carbons (Fsp3) is 1.00. The molecule has 1 aliphatic heterocycles. The molecule has 1 rings (SSSR count). The zero-order valence-electron chi connectivity index (χ0n) is 9.39. The van der Waals surface area contributed by atoms with Crippen molar-refractivity contribution in [3.8, 4) is 0 Å². The Bertz CT molecular complexity index is 122. The Morgan fingerprint density at radius 1 is 1.08 bits per heavy atom. The normalized spacial score (nSPS) is 23.1. The zero-order chi connectivity index (χ0) is 9.52. The predicted octanol–water partition coefficient (Wildman–Crippen LogP) is 3.44. The van der Waals surface area contributed by atoms with Gasteiger partial charge in [-0.3, -0.25) is 0 Å². The maximum atomic E-state index is 2.68. The highest BCUT2D eigenvalue weighted by Gasteiger charge is 2.25. The fourth-order valence-electron chi connectivity index (χ4n) is 2.11. The lowest BCUT2D eigenvalue weighted by Crippen LogP contribution is -2.47. The molecule has 0 aromatic heterocycles. The second kappa shape index (κ2) is 6.42. The molecule has 78 valence electrons. The first kappa shape index (κ1) is 11.0. The van der Waals surface area contributed by atoms with Crippen molar-refractivity contribution >= 4 is 0 Å². The molecule has 0 unspecified atom stereocenters. The van der Waals surface area contributed by atoms with E-state index in [1.54, 1.807) is 0 Å². The zero-order valence-corrected chi connectivity index (χ0v) is 9.39. The molecule has 1 nitrogen and oxygen atoms in total. The van der Waals surface area contributed by atoms with Crippen LogP contribution in [0.1, 0.15) is 58.8 Å². The van der Waals surface area contributed by atoms with E-state index in [9.17, 15) is 0 Å². The van der Waals surface area contributed by atoms with Crippen molar-refractivity contribution in [2.75, 3.05) is 13.1 Å². The molecule has 1 saturated heterocycles. The summed E-state index contributed by atoms with van der Waals surface area (Å²) in [6.07, 6.45) is 9.90. The second-order valence-corrected chi connectivity index (χ2v) is 4.33. The van der Waals surface area contributed by atoms with E-state index in [2.05, 4.69) is 18.7 Å². The lowest BCUT2D eigenvalue weighted by molar-refractivity contribution is 0.0803. The van der Waals surface area contributed by atoms with Crippen LogP contribution >= 0.6 is 0 Å². The molecule has 1 heteroatoms. The summed E-state index contributed by atoms with van der Waals surface area (Å²) in [5.74, 6) is 0. The first-order valence-corrected chi connectivity index (χ1v) is 6.12. The van der Waals surface area contributed by atoms with E-state index in [4.69, 9.17) is 0 Å². The van der Waals surface area contributed by atoms with Crippen molar-refractivity contribution < 1.29 is 0 Å². The maximum Gasteiger partial charge on any atom is 0.0107 e. The summed E-state index contributed by atoms with van der Waals surface area (Å²) in [4.78, 5) is 2.68. The van der Waals surface area contributed by atoms with Gasteiger partial charge in [0.15, 0.2) is 0 Å². The number of hydrogen-bond acceptors (Lipinski definition) is 1. The average molecular weight is 183 g/mol. The molecule has 0 amide bonds. The number of rotatable bonds is 7. The SMILES string of the molecule is CCCCC[C@@H]1CCN1CCCC. The van der Waals surface area contributed by atoms with E-state index >= 15 is 0 Å². The molecule has 0 spiro atoms. The van der Waals surface area contributed by atoms with Crippen LogP contribution in [0.3, 0.4) is 0 Å². The summed E-state index contributed by atoms with van der Waals surface area (Å²) in [7, 11) is 0. The van der Waals surface area contributed by atoms with Crippen LogP contribution in [0.2, 0.25) is 0 Å². The average Bonchev–Trinajstić information content (AvgIpc) is 2.11. The molecule has 1 heterocycles. The van der Waals surface area contributed by atoms with E-state index in [0.717, 1.165) is 6.04 Å². The standard InChI is InChI=1S/C12H25N/c1-3-5-7-8-12-9-11-13(12)10-6-4-2/h12H,3-11H2,1-2H3/t12-/m1/s1. The van der Waals surface area contributed by atoms with Crippen LogP contribution < -0.4 is 0 Å². The van der Waals surface area contributed by atoms with Crippen molar-refractivity contribution in [2.24, 2.45) is 0 Å². The molecule has 0 saturated carbocycles. The van der Waals surface area contributed by atoms with Crippen molar-refractivity contribution in [1.29, 1.82) is 0 Å². The second-order valence-electron chi connectivity index (χ2n) is 4.33. The van der Waals surface area contributed by atoms with Gasteiger partial charge < -0.3 is 4.90 Å². The number of likely N-dealkylation sites (tertiary alicyclic amines) is 1. The first-order valence-electron chi connectivity index (χ1n) is 6.12. The number of unbranched alkanes of at least 4 members (excludes halogenated alkanes) is 3. The van der Waals surface area contributed by atoms with E-state index in [0.29, 0.717) is 0 Å². The highest BCUT2D eigenvalue weighted by molar-refractivity contribution is 4.82. The van der Waals surface area contributed by atoms with E-state index < -0.39 is 0 Å². The topological polar surface area (TPSA) is 3.24 Å². The third-order valence-electron chi connectivity index (χ3n) is 3.21. The quantitative estimate of drug-likeness (QED) is 0.546.